The Bertz CT molecular complexity index is 652. The molecule has 3 heterocycles. The van der Waals surface area contributed by atoms with Gasteiger partial charge in [-0.05, 0) is 25.3 Å². The first-order valence-corrected chi connectivity index (χ1v) is 9.63. The summed E-state index contributed by atoms with van der Waals surface area (Å²) in [6.07, 6.45) is 5.73. The second-order valence-electron chi connectivity index (χ2n) is 6.05. The number of amides is 2. The van der Waals surface area contributed by atoms with Gasteiger partial charge in [0.25, 0.3) is 0 Å². The molecule has 0 aliphatic carbocycles. The van der Waals surface area contributed by atoms with Gasteiger partial charge in [0.1, 0.15) is 0 Å². The number of urea groups is 1. The Labute approximate surface area is 135 Å². The molecule has 0 aromatic carbocycles. The van der Waals surface area contributed by atoms with E-state index in [2.05, 4.69) is 25.5 Å². The molecule has 23 heavy (non-hydrogen) atoms. The van der Waals surface area contributed by atoms with Crippen LogP contribution in [-0.2, 0) is 9.84 Å². The largest absolute Gasteiger partial charge is 0.339 e. The van der Waals surface area contributed by atoms with Crippen molar-refractivity contribution in [3.8, 4) is 0 Å². The van der Waals surface area contributed by atoms with Crippen molar-refractivity contribution < 1.29 is 13.2 Å². The van der Waals surface area contributed by atoms with Gasteiger partial charge in [0, 0.05) is 37.6 Å². The Morgan fingerprint density at radius 1 is 1.17 bits per heavy atom. The number of nitrogens with one attached hydrogen (secondary N) is 2. The van der Waals surface area contributed by atoms with Crippen LogP contribution in [0.3, 0.4) is 0 Å². The number of aromatic nitrogens is 2. The number of rotatable bonds is 3. The van der Waals surface area contributed by atoms with Gasteiger partial charge < -0.3 is 15.5 Å². The maximum absolute atomic E-state index is 12.1. The molecule has 0 radical (unpaired) electrons. The third-order valence-corrected chi connectivity index (χ3v) is 5.93. The van der Waals surface area contributed by atoms with Crippen LogP contribution in [0.1, 0.15) is 19.3 Å². The van der Waals surface area contributed by atoms with Crippen molar-refractivity contribution in [1.82, 2.24) is 20.6 Å². The van der Waals surface area contributed by atoms with E-state index in [1.54, 1.807) is 18.5 Å². The lowest BCUT2D eigenvalue weighted by Gasteiger charge is -2.33. The molecule has 2 saturated heterocycles. The fourth-order valence-electron chi connectivity index (χ4n) is 3.05. The first-order valence-electron chi connectivity index (χ1n) is 7.81. The molecule has 2 N–H and O–H groups in total. The van der Waals surface area contributed by atoms with E-state index in [4.69, 9.17) is 0 Å². The van der Waals surface area contributed by atoms with Crippen LogP contribution in [0.5, 0.6) is 0 Å². The van der Waals surface area contributed by atoms with Gasteiger partial charge in [-0.2, -0.15) is 0 Å². The second-order valence-corrected chi connectivity index (χ2v) is 8.28. The van der Waals surface area contributed by atoms with Gasteiger partial charge >= 0.3 is 6.03 Å². The minimum atomic E-state index is -2.99. The summed E-state index contributed by atoms with van der Waals surface area (Å²) < 4.78 is 22.8. The van der Waals surface area contributed by atoms with E-state index >= 15 is 0 Å². The van der Waals surface area contributed by atoms with E-state index in [-0.39, 0.29) is 29.6 Å². The predicted molar refractivity (Wildman–Crippen MR) is 86.0 cm³/mol. The molecule has 2 aliphatic rings. The molecular formula is C14H21N5O3S. The summed E-state index contributed by atoms with van der Waals surface area (Å²) in [4.78, 5) is 22.6. The van der Waals surface area contributed by atoms with Crippen LogP contribution in [-0.4, -0.2) is 61.1 Å². The third-order valence-electron chi connectivity index (χ3n) is 4.16. The van der Waals surface area contributed by atoms with Crippen molar-refractivity contribution in [2.45, 2.75) is 31.3 Å². The Morgan fingerprint density at radius 2 is 1.91 bits per heavy atom. The first kappa shape index (κ1) is 16.0. The zero-order valence-corrected chi connectivity index (χ0v) is 13.6. The number of sulfone groups is 1. The van der Waals surface area contributed by atoms with Crippen molar-refractivity contribution in [2.24, 2.45) is 0 Å². The molecule has 0 saturated carbocycles. The van der Waals surface area contributed by atoms with Crippen LogP contribution in [0.15, 0.2) is 18.5 Å². The lowest BCUT2D eigenvalue weighted by atomic mass is 10.1. The molecular weight excluding hydrogens is 318 g/mol. The highest BCUT2D eigenvalue weighted by Crippen LogP contribution is 2.15. The highest BCUT2D eigenvalue weighted by atomic mass is 32.2. The van der Waals surface area contributed by atoms with Gasteiger partial charge in [0.05, 0.1) is 11.5 Å². The number of carbonyl (C=O) groups excluding carboxylic acids is 1. The summed E-state index contributed by atoms with van der Waals surface area (Å²) in [6.45, 7) is 1.52. The van der Waals surface area contributed by atoms with Crippen LogP contribution >= 0.6 is 0 Å². The molecule has 2 atom stereocenters. The Morgan fingerprint density at radius 3 is 2.61 bits per heavy atom. The topological polar surface area (TPSA) is 104 Å². The lowest BCUT2D eigenvalue weighted by Crippen LogP contribution is -2.52. The van der Waals surface area contributed by atoms with E-state index in [9.17, 15) is 13.2 Å². The van der Waals surface area contributed by atoms with Crippen molar-refractivity contribution in [3.05, 3.63) is 18.5 Å². The fourth-order valence-corrected chi connectivity index (χ4v) is 4.73. The third kappa shape index (κ3) is 4.31. The molecule has 2 amide bonds. The summed E-state index contributed by atoms with van der Waals surface area (Å²) >= 11 is 0. The van der Waals surface area contributed by atoms with Gasteiger partial charge in [0.2, 0.25) is 5.95 Å². The average Bonchev–Trinajstić information content (AvgIpc) is 2.87. The molecule has 1 aromatic rings. The minimum absolute atomic E-state index is 0.00515. The summed E-state index contributed by atoms with van der Waals surface area (Å²) in [6, 6.07) is 1.20. The number of hydrogen-bond donors (Lipinski definition) is 2. The molecule has 0 unspecified atom stereocenters. The van der Waals surface area contributed by atoms with Crippen molar-refractivity contribution >= 4 is 21.8 Å². The normalized spacial score (nSPS) is 26.7. The minimum Gasteiger partial charge on any atom is -0.339 e. The molecule has 0 bridgehead atoms. The molecule has 1 aromatic heterocycles. The van der Waals surface area contributed by atoms with Crippen molar-refractivity contribution in [1.29, 1.82) is 0 Å². The maximum atomic E-state index is 12.1. The van der Waals surface area contributed by atoms with Gasteiger partial charge in [-0.3, -0.25) is 0 Å². The van der Waals surface area contributed by atoms with E-state index in [0.717, 1.165) is 19.4 Å². The molecule has 8 nitrogen and oxygen atoms in total. The number of piperidine rings is 1. The monoisotopic (exact) mass is 339 g/mol. The molecule has 3 rings (SSSR count). The van der Waals surface area contributed by atoms with E-state index < -0.39 is 9.84 Å². The number of anilines is 1. The molecule has 9 heteroatoms. The van der Waals surface area contributed by atoms with E-state index in [0.29, 0.717) is 18.9 Å². The number of nitrogens with zero attached hydrogens (tertiary/aromatic N) is 3. The maximum Gasteiger partial charge on any atom is 0.315 e. The van der Waals surface area contributed by atoms with Gasteiger partial charge in [-0.25, -0.2) is 23.2 Å². The lowest BCUT2D eigenvalue weighted by molar-refractivity contribution is 0.232. The van der Waals surface area contributed by atoms with E-state index in [1.165, 1.54) is 0 Å². The Hall–Kier alpha value is -1.90. The summed E-state index contributed by atoms with van der Waals surface area (Å²) in [7, 11) is -2.99. The predicted octanol–water partition coefficient (Wildman–Crippen LogP) is -0.0683. The van der Waals surface area contributed by atoms with Crippen molar-refractivity contribution in [2.75, 3.05) is 29.5 Å². The Kier molecular flexibility index (Phi) is 4.65. The average molecular weight is 339 g/mol. The second kappa shape index (κ2) is 6.69. The fraction of sp³-hybridized carbons (Fsp3) is 0.643. The van der Waals surface area contributed by atoms with Crippen LogP contribution in [0.25, 0.3) is 0 Å². The summed E-state index contributed by atoms with van der Waals surface area (Å²) in [5, 5.41) is 5.69. The summed E-state index contributed by atoms with van der Waals surface area (Å²) in [5.74, 6) is 0.858. The Balaban J connectivity index is 1.50. The SMILES string of the molecule is O=C(N[C@@H]1CCCN(c2ncccn2)C1)N[C@H]1CCS(=O)(=O)C1. The van der Waals surface area contributed by atoms with Crippen LogP contribution < -0.4 is 15.5 Å². The van der Waals surface area contributed by atoms with Crippen LogP contribution in [0, 0.1) is 0 Å². The van der Waals surface area contributed by atoms with Crippen molar-refractivity contribution in [3.63, 3.8) is 0 Å². The number of hydrogen-bond acceptors (Lipinski definition) is 6. The number of carbonyl (C=O) groups is 1. The highest BCUT2D eigenvalue weighted by molar-refractivity contribution is 7.91. The van der Waals surface area contributed by atoms with Crippen LogP contribution in [0.4, 0.5) is 10.7 Å². The molecule has 2 fully saturated rings. The molecule has 0 spiro atoms. The zero-order valence-electron chi connectivity index (χ0n) is 12.8. The van der Waals surface area contributed by atoms with Gasteiger partial charge in [0.15, 0.2) is 9.84 Å². The van der Waals surface area contributed by atoms with Gasteiger partial charge in [-0.15, -0.1) is 0 Å². The zero-order chi connectivity index (χ0) is 16.3. The molecule has 2 aliphatic heterocycles. The van der Waals surface area contributed by atoms with Gasteiger partial charge in [-0.1, -0.05) is 0 Å². The quantitative estimate of drug-likeness (QED) is 0.799. The highest BCUT2D eigenvalue weighted by Gasteiger charge is 2.30. The van der Waals surface area contributed by atoms with E-state index in [1.807, 2.05) is 0 Å². The molecule has 126 valence electrons. The van der Waals surface area contributed by atoms with Crippen LogP contribution in [0.2, 0.25) is 0 Å². The summed E-state index contributed by atoms with van der Waals surface area (Å²) in [5.41, 5.74) is 0. The standard InChI is InChI=1S/C14H21N5O3S/c20-14(18-12-4-8-23(21,22)10-12)17-11-3-1-7-19(9-11)13-15-5-2-6-16-13/h2,5-6,11-12H,1,3-4,7-10H2,(H2,17,18,20)/t11-,12+/m1/s1. The first-order chi connectivity index (χ1) is 11.0. The smallest absolute Gasteiger partial charge is 0.315 e.